The van der Waals surface area contributed by atoms with Gasteiger partial charge in [-0.2, -0.15) is 0 Å². The highest BCUT2D eigenvalue weighted by atomic mass is 79.9. The first-order valence-electron chi connectivity index (χ1n) is 9.14. The Kier molecular flexibility index (Phi) is 6.11. The molecule has 2 fully saturated rings. The lowest BCUT2D eigenvalue weighted by Crippen LogP contribution is -2.46. The quantitative estimate of drug-likeness (QED) is 0.577. The third kappa shape index (κ3) is 4.34. The molecule has 2 aliphatic rings. The molecule has 1 saturated heterocycles. The number of carbonyl (C=O) groups excluding carboxylic acids is 1. The minimum absolute atomic E-state index is 0.112. The first kappa shape index (κ1) is 19.1. The van der Waals surface area contributed by atoms with Crippen LogP contribution in [0, 0.1) is 21.8 Å². The Bertz CT molecular complexity index is 663. The largest absolute Gasteiger partial charge is 0.368 e. The fourth-order valence-electron chi connectivity index (χ4n) is 3.89. The van der Waals surface area contributed by atoms with Crippen LogP contribution in [0.2, 0.25) is 0 Å². The van der Waals surface area contributed by atoms with Crippen LogP contribution in [-0.2, 0) is 4.79 Å². The summed E-state index contributed by atoms with van der Waals surface area (Å²) in [6, 6.07) is 2.40. The van der Waals surface area contributed by atoms with Crippen molar-refractivity contribution in [1.29, 1.82) is 0 Å². The van der Waals surface area contributed by atoms with Crippen molar-refractivity contribution in [2.75, 3.05) is 18.0 Å². The summed E-state index contributed by atoms with van der Waals surface area (Å²) in [5.41, 5.74) is 0.0837. The minimum Gasteiger partial charge on any atom is -0.368 e. The maximum atomic E-state index is 14.4. The zero-order chi connectivity index (χ0) is 18.7. The van der Waals surface area contributed by atoms with Gasteiger partial charge in [0.2, 0.25) is 5.91 Å². The number of rotatable bonds is 4. The average Bonchev–Trinajstić information content (AvgIpc) is 2.63. The lowest BCUT2D eigenvalue weighted by Gasteiger charge is -2.35. The fourth-order valence-corrected chi connectivity index (χ4v) is 4.57. The van der Waals surface area contributed by atoms with Gasteiger partial charge in [0.05, 0.1) is 21.1 Å². The monoisotopic (exact) mass is 427 g/mol. The summed E-state index contributed by atoms with van der Waals surface area (Å²) >= 11 is 3.25. The highest BCUT2D eigenvalue weighted by Gasteiger charge is 2.28. The maximum Gasteiger partial charge on any atom is 0.273 e. The van der Waals surface area contributed by atoms with Crippen molar-refractivity contribution in [2.45, 2.75) is 51.0 Å². The molecule has 1 saturated carbocycles. The van der Waals surface area contributed by atoms with Gasteiger partial charge < -0.3 is 10.2 Å². The molecular weight excluding hydrogens is 405 g/mol. The number of amides is 1. The fraction of sp³-hybridized carbons (Fsp3) is 0.611. The molecule has 0 unspecified atom stereocenters. The molecule has 26 heavy (non-hydrogen) atoms. The number of non-ortho nitro benzene ring substituents is 1. The molecule has 0 radical (unpaired) electrons. The maximum absolute atomic E-state index is 14.4. The number of nitro groups is 1. The van der Waals surface area contributed by atoms with Gasteiger partial charge in [-0.15, -0.1) is 0 Å². The van der Waals surface area contributed by atoms with E-state index in [4.69, 9.17) is 0 Å². The Morgan fingerprint density at radius 2 is 1.85 bits per heavy atom. The van der Waals surface area contributed by atoms with Crippen LogP contribution in [0.1, 0.15) is 44.9 Å². The Morgan fingerprint density at radius 1 is 1.19 bits per heavy atom. The second kappa shape index (κ2) is 8.33. The summed E-state index contributed by atoms with van der Waals surface area (Å²) in [5, 5.41) is 14.0. The lowest BCUT2D eigenvalue weighted by atomic mass is 9.88. The number of hydrogen-bond donors (Lipinski definition) is 1. The van der Waals surface area contributed by atoms with Gasteiger partial charge in [0.1, 0.15) is 0 Å². The van der Waals surface area contributed by atoms with Crippen LogP contribution in [0.15, 0.2) is 16.6 Å². The van der Waals surface area contributed by atoms with E-state index >= 15 is 0 Å². The standard InChI is InChI=1S/C18H23BrFN3O3/c19-15-10-14(23(25)26)11-16(20)17(15)22-8-6-13(7-9-22)21-18(24)12-4-2-1-3-5-12/h10-13H,1-9H2,(H,21,24). The van der Waals surface area contributed by atoms with E-state index in [1.54, 1.807) is 0 Å². The van der Waals surface area contributed by atoms with Gasteiger partial charge in [0, 0.05) is 31.1 Å². The van der Waals surface area contributed by atoms with Gasteiger partial charge in [-0.3, -0.25) is 14.9 Å². The SMILES string of the molecule is O=C(NC1CCN(c2c(F)cc([N+](=O)[O-])cc2Br)CC1)C1CCCCC1. The van der Waals surface area contributed by atoms with Gasteiger partial charge in [0.25, 0.3) is 5.69 Å². The molecule has 1 aliphatic carbocycles. The van der Waals surface area contributed by atoms with Crippen molar-refractivity contribution < 1.29 is 14.1 Å². The molecule has 1 aromatic carbocycles. The van der Waals surface area contributed by atoms with Crippen molar-refractivity contribution in [3.63, 3.8) is 0 Å². The number of carbonyl (C=O) groups is 1. The highest BCUT2D eigenvalue weighted by Crippen LogP contribution is 2.35. The normalized spacial score (nSPS) is 19.4. The van der Waals surface area contributed by atoms with Gasteiger partial charge in [-0.1, -0.05) is 19.3 Å². The predicted molar refractivity (Wildman–Crippen MR) is 101 cm³/mol. The van der Waals surface area contributed by atoms with E-state index in [9.17, 15) is 19.3 Å². The molecule has 3 rings (SSSR count). The number of nitrogens with one attached hydrogen (secondary N) is 1. The molecule has 8 heteroatoms. The second-order valence-electron chi connectivity index (χ2n) is 7.12. The van der Waals surface area contributed by atoms with Crippen LogP contribution in [0.4, 0.5) is 15.8 Å². The molecule has 6 nitrogen and oxygen atoms in total. The summed E-state index contributed by atoms with van der Waals surface area (Å²) in [7, 11) is 0. The molecule has 1 aliphatic heterocycles. The summed E-state index contributed by atoms with van der Waals surface area (Å²) in [4.78, 5) is 24.5. The van der Waals surface area contributed by atoms with Crippen molar-refractivity contribution >= 4 is 33.2 Å². The third-order valence-corrected chi connectivity index (χ3v) is 5.95. The number of anilines is 1. The van der Waals surface area contributed by atoms with E-state index in [2.05, 4.69) is 21.2 Å². The van der Waals surface area contributed by atoms with E-state index in [-0.39, 0.29) is 23.6 Å². The summed E-state index contributed by atoms with van der Waals surface area (Å²) < 4.78 is 14.7. The van der Waals surface area contributed by atoms with Gasteiger partial charge in [0.15, 0.2) is 5.82 Å². The number of halogens is 2. The van der Waals surface area contributed by atoms with Crippen LogP contribution >= 0.6 is 15.9 Å². The molecule has 142 valence electrons. The van der Waals surface area contributed by atoms with Gasteiger partial charge >= 0.3 is 0 Å². The molecule has 1 aromatic rings. The number of hydrogen-bond acceptors (Lipinski definition) is 4. The van der Waals surface area contributed by atoms with Crippen molar-refractivity contribution in [1.82, 2.24) is 5.32 Å². The number of nitrogens with zero attached hydrogens (tertiary/aromatic N) is 2. The number of nitro benzene ring substituents is 1. The molecular formula is C18H23BrFN3O3. The van der Waals surface area contributed by atoms with Gasteiger partial charge in [-0.25, -0.2) is 4.39 Å². The minimum atomic E-state index is -0.606. The average molecular weight is 428 g/mol. The number of benzene rings is 1. The molecule has 0 atom stereocenters. The molecule has 1 N–H and O–H groups in total. The van der Waals surface area contributed by atoms with E-state index < -0.39 is 10.7 Å². The Labute approximate surface area is 160 Å². The van der Waals surface area contributed by atoms with Crippen LogP contribution in [0.25, 0.3) is 0 Å². The first-order valence-corrected chi connectivity index (χ1v) is 9.93. The van der Waals surface area contributed by atoms with Crippen molar-refractivity contribution in [3.05, 3.63) is 32.5 Å². The zero-order valence-electron chi connectivity index (χ0n) is 14.5. The Morgan fingerprint density at radius 3 is 2.42 bits per heavy atom. The van der Waals surface area contributed by atoms with Crippen molar-refractivity contribution in [3.8, 4) is 0 Å². The number of piperidine rings is 1. The summed E-state index contributed by atoms with van der Waals surface area (Å²) in [6.45, 7) is 1.20. The Hall–Kier alpha value is -1.70. The van der Waals surface area contributed by atoms with Crippen molar-refractivity contribution in [2.24, 2.45) is 5.92 Å². The van der Waals surface area contributed by atoms with Gasteiger partial charge in [-0.05, 0) is 41.6 Å². The third-order valence-electron chi connectivity index (χ3n) is 5.35. The predicted octanol–water partition coefficient (Wildman–Crippen LogP) is 4.16. The lowest BCUT2D eigenvalue weighted by molar-refractivity contribution is -0.385. The molecule has 1 amide bonds. The van der Waals surface area contributed by atoms with Crippen LogP contribution in [0.3, 0.4) is 0 Å². The highest BCUT2D eigenvalue weighted by molar-refractivity contribution is 9.10. The molecule has 1 heterocycles. The van der Waals surface area contributed by atoms with Crippen LogP contribution in [-0.4, -0.2) is 30.0 Å². The summed E-state index contributed by atoms with van der Waals surface area (Å²) in [6.07, 6.45) is 6.91. The van der Waals surface area contributed by atoms with E-state index in [0.717, 1.165) is 44.6 Å². The van der Waals surface area contributed by atoms with E-state index in [1.807, 2.05) is 4.90 Å². The van der Waals surface area contributed by atoms with Crippen LogP contribution < -0.4 is 10.2 Å². The van der Waals surface area contributed by atoms with Crippen LogP contribution in [0.5, 0.6) is 0 Å². The zero-order valence-corrected chi connectivity index (χ0v) is 16.1. The first-order chi connectivity index (χ1) is 12.5. The van der Waals surface area contributed by atoms with E-state index in [0.29, 0.717) is 23.2 Å². The molecule has 0 bridgehead atoms. The Balaban J connectivity index is 1.58. The molecule has 0 spiro atoms. The smallest absolute Gasteiger partial charge is 0.273 e. The second-order valence-corrected chi connectivity index (χ2v) is 7.97. The molecule has 0 aromatic heterocycles. The summed E-state index contributed by atoms with van der Waals surface area (Å²) in [5.74, 6) is -0.301. The van der Waals surface area contributed by atoms with E-state index in [1.165, 1.54) is 12.5 Å². The topological polar surface area (TPSA) is 75.5 Å².